The largest absolute Gasteiger partial charge is 0.322 e. The third kappa shape index (κ3) is 5.55. The number of sulfonamides is 1. The van der Waals surface area contributed by atoms with Gasteiger partial charge in [-0.15, -0.1) is 0 Å². The van der Waals surface area contributed by atoms with Crippen LogP contribution in [0.15, 0.2) is 46.9 Å². The first-order valence-corrected chi connectivity index (χ1v) is 11.8. The summed E-state index contributed by atoms with van der Waals surface area (Å²) in [4.78, 5) is 14.7. The van der Waals surface area contributed by atoms with Gasteiger partial charge < -0.3 is 5.32 Å². The number of rotatable bonds is 5. The summed E-state index contributed by atoms with van der Waals surface area (Å²) < 4.78 is 25.5. The lowest BCUT2D eigenvalue weighted by molar-refractivity contribution is 0.102. The SMILES string of the molecule is CS(=O)(=O)N1CCN(Cc2cccc(C(=O)Nc3ccc(Br)c(Cl)c3)c2)CC1. The summed E-state index contributed by atoms with van der Waals surface area (Å²) in [6.07, 6.45) is 1.24. The molecule has 150 valence electrons. The van der Waals surface area contributed by atoms with E-state index in [0.717, 1.165) is 10.0 Å². The molecule has 0 aliphatic carbocycles. The molecule has 0 radical (unpaired) electrons. The van der Waals surface area contributed by atoms with Gasteiger partial charge in [0.15, 0.2) is 0 Å². The van der Waals surface area contributed by atoms with Gasteiger partial charge in [0, 0.05) is 48.4 Å². The van der Waals surface area contributed by atoms with Crippen molar-refractivity contribution < 1.29 is 13.2 Å². The molecule has 6 nitrogen and oxygen atoms in total. The van der Waals surface area contributed by atoms with Crippen LogP contribution >= 0.6 is 27.5 Å². The standard InChI is InChI=1S/C19H21BrClN3O3S/c1-28(26,27)24-9-7-23(8-10-24)13-14-3-2-4-15(11-14)19(25)22-16-5-6-17(20)18(21)12-16/h2-6,11-12H,7-10,13H2,1H3,(H,22,25). The van der Waals surface area contributed by atoms with Crippen LogP contribution in [0.4, 0.5) is 5.69 Å². The molecule has 9 heteroatoms. The van der Waals surface area contributed by atoms with Crippen molar-refractivity contribution in [1.29, 1.82) is 0 Å². The first-order chi connectivity index (χ1) is 13.2. The summed E-state index contributed by atoms with van der Waals surface area (Å²) in [6.45, 7) is 2.98. The van der Waals surface area contributed by atoms with E-state index in [-0.39, 0.29) is 5.91 Å². The third-order valence-corrected chi connectivity index (χ3v) is 7.11. The quantitative estimate of drug-likeness (QED) is 0.703. The van der Waals surface area contributed by atoms with Crippen LogP contribution in [0, 0.1) is 0 Å². The molecule has 1 N–H and O–H groups in total. The Labute approximate surface area is 178 Å². The minimum atomic E-state index is -3.13. The Kier molecular flexibility index (Phi) is 6.77. The van der Waals surface area contributed by atoms with Gasteiger partial charge in [-0.2, -0.15) is 4.31 Å². The number of hydrogen-bond donors (Lipinski definition) is 1. The van der Waals surface area contributed by atoms with E-state index in [4.69, 9.17) is 11.6 Å². The number of nitrogens with one attached hydrogen (secondary N) is 1. The highest BCUT2D eigenvalue weighted by molar-refractivity contribution is 9.10. The van der Waals surface area contributed by atoms with Gasteiger partial charge in [0.25, 0.3) is 5.91 Å². The predicted molar refractivity (Wildman–Crippen MR) is 115 cm³/mol. The molecule has 2 aromatic rings. The average Bonchev–Trinajstić information content (AvgIpc) is 2.65. The second-order valence-corrected chi connectivity index (χ2v) is 9.97. The maximum atomic E-state index is 12.6. The van der Waals surface area contributed by atoms with Gasteiger partial charge in [0.2, 0.25) is 10.0 Å². The summed E-state index contributed by atoms with van der Waals surface area (Å²) in [5, 5.41) is 3.38. The van der Waals surface area contributed by atoms with Crippen molar-refractivity contribution in [3.63, 3.8) is 0 Å². The Hall–Kier alpha value is -1.45. The molecule has 28 heavy (non-hydrogen) atoms. The van der Waals surface area contributed by atoms with Crippen LogP contribution in [0.3, 0.4) is 0 Å². The van der Waals surface area contributed by atoms with Crippen molar-refractivity contribution in [2.24, 2.45) is 0 Å². The number of anilines is 1. The normalized spacial score (nSPS) is 16.1. The first-order valence-electron chi connectivity index (χ1n) is 8.75. The lowest BCUT2D eigenvalue weighted by Crippen LogP contribution is -2.47. The van der Waals surface area contributed by atoms with Crippen molar-refractivity contribution >= 4 is 49.1 Å². The minimum absolute atomic E-state index is 0.206. The van der Waals surface area contributed by atoms with Gasteiger partial charge in [-0.05, 0) is 51.8 Å². The van der Waals surface area contributed by atoms with E-state index < -0.39 is 10.0 Å². The number of carbonyl (C=O) groups is 1. The van der Waals surface area contributed by atoms with E-state index in [1.165, 1.54) is 10.6 Å². The molecule has 0 unspecified atom stereocenters. The molecule has 1 saturated heterocycles. The Morgan fingerprint density at radius 3 is 2.50 bits per heavy atom. The molecule has 0 aromatic heterocycles. The Morgan fingerprint density at radius 2 is 1.86 bits per heavy atom. The van der Waals surface area contributed by atoms with E-state index in [0.29, 0.717) is 49.0 Å². The lowest BCUT2D eigenvalue weighted by Gasteiger charge is -2.33. The molecule has 1 fully saturated rings. The van der Waals surface area contributed by atoms with Gasteiger partial charge in [0.05, 0.1) is 11.3 Å². The highest BCUT2D eigenvalue weighted by Gasteiger charge is 2.23. The highest BCUT2D eigenvalue weighted by Crippen LogP contribution is 2.25. The Morgan fingerprint density at radius 1 is 1.14 bits per heavy atom. The Bertz CT molecular complexity index is 976. The zero-order valence-corrected chi connectivity index (χ0v) is 18.5. The fourth-order valence-corrected chi connectivity index (χ4v) is 4.32. The van der Waals surface area contributed by atoms with Crippen molar-refractivity contribution in [2.45, 2.75) is 6.54 Å². The fourth-order valence-electron chi connectivity index (χ4n) is 3.07. The van der Waals surface area contributed by atoms with Crippen LogP contribution in [0.5, 0.6) is 0 Å². The van der Waals surface area contributed by atoms with Crippen molar-refractivity contribution in [1.82, 2.24) is 9.21 Å². The molecule has 1 aliphatic rings. The maximum absolute atomic E-state index is 12.6. The van der Waals surface area contributed by atoms with Crippen LogP contribution < -0.4 is 5.32 Å². The van der Waals surface area contributed by atoms with E-state index in [1.54, 1.807) is 24.3 Å². The van der Waals surface area contributed by atoms with Crippen LogP contribution in [0.25, 0.3) is 0 Å². The second kappa shape index (κ2) is 8.92. The van der Waals surface area contributed by atoms with Crippen molar-refractivity contribution in [3.8, 4) is 0 Å². The van der Waals surface area contributed by atoms with Crippen LogP contribution in [0.2, 0.25) is 5.02 Å². The molecule has 2 aromatic carbocycles. The zero-order chi connectivity index (χ0) is 20.3. The van der Waals surface area contributed by atoms with Crippen LogP contribution in [0.1, 0.15) is 15.9 Å². The Balaban J connectivity index is 1.62. The second-order valence-electron chi connectivity index (χ2n) is 6.72. The van der Waals surface area contributed by atoms with Crippen LogP contribution in [-0.4, -0.2) is 56.0 Å². The minimum Gasteiger partial charge on any atom is -0.322 e. The molecule has 0 bridgehead atoms. The highest BCUT2D eigenvalue weighted by atomic mass is 79.9. The number of carbonyl (C=O) groups excluding carboxylic acids is 1. The molecular weight excluding hydrogens is 466 g/mol. The molecule has 1 aliphatic heterocycles. The van der Waals surface area contributed by atoms with Gasteiger partial charge in [-0.1, -0.05) is 23.7 Å². The topological polar surface area (TPSA) is 69.7 Å². The molecule has 0 spiro atoms. The van der Waals surface area contributed by atoms with Crippen molar-refractivity contribution in [3.05, 3.63) is 63.1 Å². The number of amides is 1. The van der Waals surface area contributed by atoms with Crippen LogP contribution in [-0.2, 0) is 16.6 Å². The van der Waals surface area contributed by atoms with Gasteiger partial charge >= 0.3 is 0 Å². The average molecular weight is 487 g/mol. The number of piperazine rings is 1. The molecule has 0 saturated carbocycles. The zero-order valence-electron chi connectivity index (χ0n) is 15.4. The smallest absolute Gasteiger partial charge is 0.255 e. The van der Waals surface area contributed by atoms with Gasteiger partial charge in [-0.25, -0.2) is 8.42 Å². The van der Waals surface area contributed by atoms with E-state index in [2.05, 4.69) is 26.1 Å². The summed E-state index contributed by atoms with van der Waals surface area (Å²) in [6, 6.07) is 12.7. The van der Waals surface area contributed by atoms with Crippen molar-refractivity contribution in [2.75, 3.05) is 37.8 Å². The molecule has 1 amide bonds. The summed E-state index contributed by atoms with van der Waals surface area (Å²) >= 11 is 9.40. The predicted octanol–water partition coefficient (Wildman–Crippen LogP) is 3.43. The molecule has 0 atom stereocenters. The number of hydrogen-bond acceptors (Lipinski definition) is 4. The fraction of sp³-hybridized carbons (Fsp3) is 0.316. The number of benzene rings is 2. The summed E-state index contributed by atoms with van der Waals surface area (Å²) in [5.74, 6) is -0.206. The van der Waals surface area contributed by atoms with E-state index in [1.807, 2.05) is 18.2 Å². The van der Waals surface area contributed by atoms with E-state index in [9.17, 15) is 13.2 Å². The van der Waals surface area contributed by atoms with E-state index >= 15 is 0 Å². The van der Waals surface area contributed by atoms with Gasteiger partial charge in [0.1, 0.15) is 0 Å². The number of nitrogens with zero attached hydrogens (tertiary/aromatic N) is 2. The lowest BCUT2D eigenvalue weighted by atomic mass is 10.1. The summed E-state index contributed by atoms with van der Waals surface area (Å²) in [5.41, 5.74) is 2.20. The maximum Gasteiger partial charge on any atom is 0.255 e. The monoisotopic (exact) mass is 485 g/mol. The third-order valence-electron chi connectivity index (χ3n) is 4.57. The molecule has 1 heterocycles. The summed E-state index contributed by atoms with van der Waals surface area (Å²) in [7, 11) is -3.13. The first kappa shape index (κ1) is 21.3. The molecular formula is C19H21BrClN3O3S. The number of halogens is 2. The van der Waals surface area contributed by atoms with Gasteiger partial charge in [-0.3, -0.25) is 9.69 Å². The molecule has 3 rings (SSSR count).